The van der Waals surface area contributed by atoms with Gasteiger partial charge in [0.15, 0.2) is 5.11 Å². The van der Waals surface area contributed by atoms with E-state index in [-0.39, 0.29) is 5.11 Å². The lowest BCUT2D eigenvalue weighted by atomic mass is 10.2. The third-order valence-corrected chi connectivity index (χ3v) is 3.99. The topological polar surface area (TPSA) is 62.8 Å². The van der Waals surface area contributed by atoms with Crippen molar-refractivity contribution in [3.05, 3.63) is 41.8 Å². The molecule has 2 rings (SSSR count). The van der Waals surface area contributed by atoms with Gasteiger partial charge in [-0.1, -0.05) is 0 Å². The molecule has 0 saturated carbocycles. The second kappa shape index (κ2) is 8.86. The highest BCUT2D eigenvalue weighted by atomic mass is 32.1. The van der Waals surface area contributed by atoms with Crippen molar-refractivity contribution in [1.29, 1.82) is 0 Å². The number of rotatable bonds is 4. The van der Waals surface area contributed by atoms with Crippen LogP contribution in [-0.2, 0) is 4.74 Å². The molecule has 26 heavy (non-hydrogen) atoms. The van der Waals surface area contributed by atoms with Gasteiger partial charge in [0.25, 0.3) is 0 Å². The van der Waals surface area contributed by atoms with Gasteiger partial charge in [0, 0.05) is 5.69 Å². The minimum absolute atomic E-state index is 0.272. The first-order chi connectivity index (χ1) is 12.3. The molecule has 0 spiro atoms. The van der Waals surface area contributed by atoms with Gasteiger partial charge in [-0.25, -0.2) is 4.79 Å². The van der Waals surface area contributed by atoms with Crippen LogP contribution in [0.4, 0.5) is 15.5 Å². The molecule has 2 aromatic rings. The van der Waals surface area contributed by atoms with Crippen molar-refractivity contribution in [2.45, 2.75) is 33.3 Å². The highest BCUT2D eigenvalue weighted by Crippen LogP contribution is 2.22. The summed E-state index contributed by atoms with van der Waals surface area (Å²) in [5.74, 6) is 0.783. The minimum atomic E-state index is -0.613. The van der Waals surface area contributed by atoms with E-state index >= 15 is 0 Å². The minimum Gasteiger partial charge on any atom is -0.494 e. The van der Waals surface area contributed by atoms with Crippen LogP contribution in [0.1, 0.15) is 27.7 Å². The Morgan fingerprint density at radius 2 is 1.92 bits per heavy atom. The Balaban J connectivity index is 2.05. The zero-order chi connectivity index (χ0) is 19.2. The van der Waals surface area contributed by atoms with Gasteiger partial charge in [0.1, 0.15) is 16.4 Å². The number of carbonyl (C=O) groups is 1. The molecule has 1 heterocycles. The zero-order valence-corrected chi connectivity index (χ0v) is 16.9. The number of nitrogens with zero attached hydrogens (tertiary/aromatic N) is 1. The number of anilines is 2. The maximum atomic E-state index is 12.5. The lowest BCUT2D eigenvalue weighted by molar-refractivity contribution is 0.0572. The first kappa shape index (κ1) is 20.0. The fourth-order valence-corrected chi connectivity index (χ4v) is 2.85. The van der Waals surface area contributed by atoms with Crippen LogP contribution >= 0.6 is 23.6 Å². The number of nitrogens with one attached hydrogen (secondary N) is 2. The zero-order valence-electron chi connectivity index (χ0n) is 15.2. The second-order valence-electron chi connectivity index (χ2n) is 6.29. The number of ether oxygens (including phenoxy) is 2. The molecule has 0 aliphatic heterocycles. The average molecular weight is 394 g/mol. The quantitative estimate of drug-likeness (QED) is 0.575. The molecule has 0 aliphatic rings. The van der Waals surface area contributed by atoms with Crippen molar-refractivity contribution < 1.29 is 14.3 Å². The molecule has 0 bridgehead atoms. The molecule has 0 aliphatic carbocycles. The number of thiophene rings is 1. The smallest absolute Gasteiger partial charge is 0.434 e. The summed E-state index contributed by atoms with van der Waals surface area (Å²) in [5, 5.41) is 7.15. The molecule has 8 heteroatoms. The van der Waals surface area contributed by atoms with Crippen LogP contribution in [-0.4, -0.2) is 23.4 Å². The summed E-state index contributed by atoms with van der Waals surface area (Å²) in [7, 11) is 0. The number of thiocarbonyl (C=S) groups is 1. The number of amides is 1. The molecular weight excluding hydrogens is 370 g/mol. The molecule has 2 N–H and O–H groups in total. The van der Waals surface area contributed by atoms with E-state index in [0.29, 0.717) is 11.6 Å². The molecular formula is C18H23N3O3S2. The largest absolute Gasteiger partial charge is 0.494 e. The summed E-state index contributed by atoms with van der Waals surface area (Å²) in [6.45, 7) is 7.98. The van der Waals surface area contributed by atoms with Gasteiger partial charge in [-0.3, -0.25) is 5.43 Å². The standard InChI is InChI=1S/C18H23N3O3S2/c1-5-23-14-10-8-13(9-11-14)19-16(25)20-21(15-7-6-12-26-15)17(22)24-18(2,3)4/h6-12H,5H2,1-4H3,(H2,19,20,25). The van der Waals surface area contributed by atoms with Gasteiger partial charge in [0.2, 0.25) is 0 Å². The summed E-state index contributed by atoms with van der Waals surface area (Å²) in [6, 6.07) is 11.0. The molecule has 1 aromatic heterocycles. The number of carbonyl (C=O) groups excluding carboxylic acids is 1. The fraction of sp³-hybridized carbons (Fsp3) is 0.333. The summed E-state index contributed by atoms with van der Waals surface area (Å²) < 4.78 is 10.9. The lowest BCUT2D eigenvalue weighted by Gasteiger charge is -2.27. The van der Waals surface area contributed by atoms with Crippen LogP contribution in [0.15, 0.2) is 41.8 Å². The number of hydrazine groups is 1. The third kappa shape index (κ3) is 6.20. The van der Waals surface area contributed by atoms with Crippen LogP contribution in [0.25, 0.3) is 0 Å². The summed E-state index contributed by atoms with van der Waals surface area (Å²) in [5.41, 5.74) is 3.05. The molecule has 6 nitrogen and oxygen atoms in total. The number of benzene rings is 1. The summed E-state index contributed by atoms with van der Waals surface area (Å²) in [6.07, 6.45) is -0.532. The normalized spacial score (nSPS) is 10.8. The molecule has 0 saturated heterocycles. The van der Waals surface area contributed by atoms with Crippen molar-refractivity contribution in [2.24, 2.45) is 0 Å². The Hall–Kier alpha value is -2.32. The first-order valence-corrected chi connectivity index (χ1v) is 9.44. The van der Waals surface area contributed by atoms with Crippen LogP contribution in [0.3, 0.4) is 0 Å². The van der Waals surface area contributed by atoms with E-state index in [0.717, 1.165) is 11.4 Å². The van der Waals surface area contributed by atoms with Gasteiger partial charge < -0.3 is 14.8 Å². The van der Waals surface area contributed by atoms with Crippen LogP contribution < -0.4 is 20.5 Å². The van der Waals surface area contributed by atoms with Crippen LogP contribution in [0, 0.1) is 0 Å². The van der Waals surface area contributed by atoms with Crippen molar-refractivity contribution in [2.75, 3.05) is 16.9 Å². The SMILES string of the molecule is CCOc1ccc(NC(=S)NN(C(=O)OC(C)(C)C)c2cccs2)cc1. The van der Waals surface area contributed by atoms with Crippen molar-refractivity contribution >= 4 is 45.4 Å². The molecule has 0 unspecified atom stereocenters. The van der Waals surface area contributed by atoms with E-state index in [4.69, 9.17) is 21.7 Å². The van der Waals surface area contributed by atoms with Gasteiger partial charge in [-0.05, 0) is 81.7 Å². The Morgan fingerprint density at radius 1 is 1.23 bits per heavy atom. The molecule has 1 amide bonds. The van der Waals surface area contributed by atoms with Gasteiger partial charge >= 0.3 is 6.09 Å². The molecule has 0 atom stereocenters. The van der Waals surface area contributed by atoms with E-state index in [1.165, 1.54) is 16.3 Å². The molecule has 0 radical (unpaired) electrons. The van der Waals surface area contributed by atoms with Crippen LogP contribution in [0.5, 0.6) is 5.75 Å². The van der Waals surface area contributed by atoms with Gasteiger partial charge in [-0.2, -0.15) is 5.01 Å². The summed E-state index contributed by atoms with van der Waals surface area (Å²) >= 11 is 6.73. The lowest BCUT2D eigenvalue weighted by Crippen LogP contribution is -2.49. The second-order valence-corrected chi connectivity index (χ2v) is 7.62. The summed E-state index contributed by atoms with van der Waals surface area (Å²) in [4.78, 5) is 12.5. The molecule has 1 aromatic carbocycles. The maximum Gasteiger partial charge on any atom is 0.434 e. The van der Waals surface area contributed by atoms with E-state index in [1.54, 1.807) is 6.07 Å². The van der Waals surface area contributed by atoms with E-state index in [9.17, 15) is 4.79 Å². The highest BCUT2D eigenvalue weighted by Gasteiger charge is 2.25. The Kier molecular flexibility index (Phi) is 6.82. The molecule has 140 valence electrons. The van der Waals surface area contributed by atoms with Crippen LogP contribution in [0.2, 0.25) is 0 Å². The number of hydrogen-bond acceptors (Lipinski definition) is 5. The Labute approximate surface area is 163 Å². The predicted molar refractivity (Wildman–Crippen MR) is 110 cm³/mol. The fourth-order valence-electron chi connectivity index (χ4n) is 1.96. The average Bonchev–Trinajstić information content (AvgIpc) is 3.07. The van der Waals surface area contributed by atoms with E-state index < -0.39 is 11.7 Å². The maximum absolute atomic E-state index is 12.5. The Bertz CT molecular complexity index is 725. The predicted octanol–water partition coefficient (Wildman–Crippen LogP) is 4.79. The van der Waals surface area contributed by atoms with Gasteiger partial charge in [0.05, 0.1) is 6.61 Å². The molecule has 0 fully saturated rings. The van der Waals surface area contributed by atoms with Crippen molar-refractivity contribution in [3.8, 4) is 5.75 Å². The monoisotopic (exact) mass is 393 g/mol. The van der Waals surface area contributed by atoms with Crippen molar-refractivity contribution in [1.82, 2.24) is 5.43 Å². The van der Waals surface area contributed by atoms with Gasteiger partial charge in [-0.15, -0.1) is 11.3 Å². The van der Waals surface area contributed by atoms with Crippen molar-refractivity contribution in [3.63, 3.8) is 0 Å². The Morgan fingerprint density at radius 3 is 2.46 bits per heavy atom. The third-order valence-electron chi connectivity index (χ3n) is 2.94. The number of hydrogen-bond donors (Lipinski definition) is 2. The van der Waals surface area contributed by atoms with E-state index in [1.807, 2.05) is 63.4 Å². The first-order valence-electron chi connectivity index (χ1n) is 8.15. The van der Waals surface area contributed by atoms with E-state index in [2.05, 4.69) is 10.7 Å². The highest BCUT2D eigenvalue weighted by molar-refractivity contribution is 7.80.